The number of aliphatic hydroxyl groups excluding tert-OH is 1. The molecule has 2 rings (SSSR count). The van der Waals surface area contributed by atoms with Crippen LogP contribution in [-0.2, 0) is 4.79 Å². The maximum absolute atomic E-state index is 12.2. The highest BCUT2D eigenvalue weighted by atomic mass is 127. The van der Waals surface area contributed by atoms with E-state index in [1.165, 1.54) is 19.3 Å². The van der Waals surface area contributed by atoms with Crippen molar-refractivity contribution in [1.82, 2.24) is 0 Å². The van der Waals surface area contributed by atoms with Crippen LogP contribution >= 0.6 is 22.6 Å². The Kier molecular flexibility index (Phi) is 5.42. The van der Waals surface area contributed by atoms with Crippen molar-refractivity contribution in [1.29, 1.82) is 0 Å². The van der Waals surface area contributed by atoms with Crippen molar-refractivity contribution >= 4 is 28.4 Å². The Labute approximate surface area is 123 Å². The first kappa shape index (κ1) is 14.3. The summed E-state index contributed by atoms with van der Waals surface area (Å²) in [6, 6.07) is 0. The van der Waals surface area contributed by atoms with Crippen molar-refractivity contribution in [3.63, 3.8) is 0 Å². The van der Waals surface area contributed by atoms with Gasteiger partial charge in [0.25, 0.3) is 0 Å². The molecule has 2 aliphatic carbocycles. The van der Waals surface area contributed by atoms with Gasteiger partial charge in [0.1, 0.15) is 5.78 Å². The van der Waals surface area contributed by atoms with E-state index in [9.17, 15) is 9.90 Å². The number of hydrogen-bond acceptors (Lipinski definition) is 2. The predicted molar refractivity (Wildman–Crippen MR) is 81.8 cm³/mol. The maximum Gasteiger partial charge on any atom is 0.143 e. The topological polar surface area (TPSA) is 37.3 Å². The second kappa shape index (κ2) is 6.85. The van der Waals surface area contributed by atoms with E-state index in [2.05, 4.69) is 28.7 Å². The van der Waals surface area contributed by atoms with Crippen molar-refractivity contribution in [2.75, 3.05) is 0 Å². The van der Waals surface area contributed by atoms with Gasteiger partial charge in [0.2, 0.25) is 0 Å². The van der Waals surface area contributed by atoms with Crippen molar-refractivity contribution < 1.29 is 9.90 Å². The number of carbonyl (C=O) groups excluding carboxylic acids is 1. The standard InChI is InChI=1S/C15H21IO2/c16-13-9-5-4-8-12(13)15(18)10-14(17)11-6-2-1-3-7-11/h4-5,8-9,11-14,17H,1-3,6-7,10H2. The monoisotopic (exact) mass is 360 g/mol. The Balaban J connectivity index is 1.86. The van der Waals surface area contributed by atoms with Crippen LogP contribution in [-0.4, -0.2) is 20.9 Å². The molecule has 3 atom stereocenters. The normalized spacial score (nSPS) is 30.3. The van der Waals surface area contributed by atoms with E-state index < -0.39 is 6.10 Å². The number of ketones is 1. The summed E-state index contributed by atoms with van der Waals surface area (Å²) in [5.74, 6) is 0.486. The van der Waals surface area contributed by atoms with Crippen molar-refractivity contribution in [3.8, 4) is 0 Å². The van der Waals surface area contributed by atoms with Crippen LogP contribution in [0.1, 0.15) is 38.5 Å². The third kappa shape index (κ3) is 3.67. The lowest BCUT2D eigenvalue weighted by atomic mass is 9.82. The molecule has 0 aromatic rings. The summed E-state index contributed by atoms with van der Waals surface area (Å²) in [5.41, 5.74) is 0. The molecule has 0 aliphatic heterocycles. The van der Waals surface area contributed by atoms with E-state index in [4.69, 9.17) is 0 Å². The summed E-state index contributed by atoms with van der Waals surface area (Å²) in [7, 11) is 0. The summed E-state index contributed by atoms with van der Waals surface area (Å²) in [6.07, 6.45) is 13.7. The number of carbonyl (C=O) groups is 1. The van der Waals surface area contributed by atoms with Gasteiger partial charge in [0.05, 0.1) is 12.0 Å². The van der Waals surface area contributed by atoms with Crippen molar-refractivity contribution in [3.05, 3.63) is 24.3 Å². The highest BCUT2D eigenvalue weighted by Gasteiger charge is 2.29. The second-order valence-corrected chi connectivity index (χ2v) is 6.81. The molecule has 2 nitrogen and oxygen atoms in total. The summed E-state index contributed by atoms with van der Waals surface area (Å²) >= 11 is 2.29. The molecule has 2 aliphatic rings. The zero-order valence-corrected chi connectivity index (χ0v) is 12.8. The number of hydrogen-bond donors (Lipinski definition) is 1. The van der Waals surface area contributed by atoms with Gasteiger partial charge in [-0.3, -0.25) is 4.79 Å². The lowest BCUT2D eigenvalue weighted by Crippen LogP contribution is -2.30. The fourth-order valence-electron chi connectivity index (χ4n) is 2.89. The molecule has 3 unspecified atom stereocenters. The molecule has 0 radical (unpaired) electrons. The smallest absolute Gasteiger partial charge is 0.143 e. The molecule has 100 valence electrons. The van der Waals surface area contributed by atoms with E-state index in [1.54, 1.807) is 0 Å². The van der Waals surface area contributed by atoms with Gasteiger partial charge in [0.15, 0.2) is 0 Å². The van der Waals surface area contributed by atoms with E-state index >= 15 is 0 Å². The number of alkyl halides is 1. The molecule has 0 aromatic carbocycles. The molecule has 0 spiro atoms. The fraction of sp³-hybridized carbons (Fsp3) is 0.667. The van der Waals surface area contributed by atoms with Crippen LogP contribution in [0.25, 0.3) is 0 Å². The third-order valence-electron chi connectivity index (χ3n) is 4.04. The quantitative estimate of drug-likeness (QED) is 0.616. The molecule has 1 saturated carbocycles. The summed E-state index contributed by atoms with van der Waals surface area (Å²) < 4.78 is 0.235. The minimum atomic E-state index is -0.430. The molecular weight excluding hydrogens is 339 g/mol. The zero-order chi connectivity index (χ0) is 13.0. The van der Waals surface area contributed by atoms with Crippen LogP contribution in [0.5, 0.6) is 0 Å². The Bertz CT molecular complexity index is 342. The first-order valence-electron chi connectivity index (χ1n) is 6.88. The molecule has 1 fully saturated rings. The molecule has 0 saturated heterocycles. The Morgan fingerprint density at radius 3 is 2.56 bits per heavy atom. The molecule has 0 aromatic heterocycles. The maximum atomic E-state index is 12.2. The average molecular weight is 360 g/mol. The van der Waals surface area contributed by atoms with Gasteiger partial charge in [-0.15, -0.1) is 0 Å². The van der Waals surface area contributed by atoms with E-state index in [-0.39, 0.29) is 15.6 Å². The summed E-state index contributed by atoms with van der Waals surface area (Å²) in [6.45, 7) is 0. The van der Waals surface area contributed by atoms with Crippen molar-refractivity contribution in [2.24, 2.45) is 11.8 Å². The van der Waals surface area contributed by atoms with Gasteiger partial charge >= 0.3 is 0 Å². The molecular formula is C15H21IO2. The summed E-state index contributed by atoms with van der Waals surface area (Å²) in [4.78, 5) is 12.2. The van der Waals surface area contributed by atoms with Crippen molar-refractivity contribution in [2.45, 2.75) is 48.6 Å². The lowest BCUT2D eigenvalue weighted by Gasteiger charge is -2.27. The van der Waals surface area contributed by atoms with Gasteiger partial charge < -0.3 is 5.11 Å². The number of allylic oxidation sites excluding steroid dienone is 4. The van der Waals surface area contributed by atoms with Crippen LogP contribution in [0.4, 0.5) is 0 Å². The van der Waals surface area contributed by atoms with Crippen LogP contribution < -0.4 is 0 Å². The average Bonchev–Trinajstić information content (AvgIpc) is 2.40. The highest BCUT2D eigenvalue weighted by molar-refractivity contribution is 14.1. The van der Waals surface area contributed by atoms with Gasteiger partial charge in [-0.1, -0.05) is 66.2 Å². The SMILES string of the molecule is O=C(CC(O)C1CCCCC1)C1C=CC=CC1I. The Hall–Kier alpha value is -0.160. The minimum absolute atomic E-state index is 0.0474. The summed E-state index contributed by atoms with van der Waals surface area (Å²) in [5, 5.41) is 10.2. The Morgan fingerprint density at radius 2 is 1.89 bits per heavy atom. The molecule has 0 heterocycles. The number of halogens is 1. The van der Waals surface area contributed by atoms with Crippen LogP contribution in [0.2, 0.25) is 0 Å². The van der Waals surface area contributed by atoms with Gasteiger partial charge in [-0.05, 0) is 18.8 Å². The van der Waals surface area contributed by atoms with Crippen LogP contribution in [0.3, 0.4) is 0 Å². The van der Waals surface area contributed by atoms with Gasteiger partial charge in [0, 0.05) is 10.3 Å². The van der Waals surface area contributed by atoms with E-state index in [0.717, 1.165) is 12.8 Å². The molecule has 1 N–H and O–H groups in total. The number of rotatable bonds is 4. The largest absolute Gasteiger partial charge is 0.392 e. The molecule has 0 amide bonds. The second-order valence-electron chi connectivity index (χ2n) is 5.38. The lowest BCUT2D eigenvalue weighted by molar-refractivity contribution is -0.124. The minimum Gasteiger partial charge on any atom is -0.392 e. The van der Waals surface area contributed by atoms with Gasteiger partial charge in [-0.2, -0.15) is 0 Å². The number of aliphatic hydroxyl groups is 1. The zero-order valence-electron chi connectivity index (χ0n) is 10.6. The Morgan fingerprint density at radius 1 is 1.22 bits per heavy atom. The van der Waals surface area contributed by atoms with Crippen LogP contribution in [0.15, 0.2) is 24.3 Å². The number of Topliss-reactive ketones (excluding diaryl/α,β-unsaturated/α-hetero) is 1. The van der Waals surface area contributed by atoms with E-state index in [0.29, 0.717) is 12.3 Å². The van der Waals surface area contributed by atoms with E-state index in [1.807, 2.05) is 18.2 Å². The molecule has 18 heavy (non-hydrogen) atoms. The predicted octanol–water partition coefficient (Wildman–Crippen LogP) is 3.43. The first-order valence-corrected chi connectivity index (χ1v) is 8.13. The highest BCUT2D eigenvalue weighted by Crippen LogP contribution is 2.30. The molecule has 3 heteroatoms. The molecule has 0 bridgehead atoms. The first-order chi connectivity index (χ1) is 8.68. The van der Waals surface area contributed by atoms with Crippen LogP contribution in [0, 0.1) is 11.8 Å². The van der Waals surface area contributed by atoms with Gasteiger partial charge in [-0.25, -0.2) is 0 Å². The fourth-order valence-corrected chi connectivity index (χ4v) is 3.77. The third-order valence-corrected chi connectivity index (χ3v) is 5.23.